The van der Waals surface area contributed by atoms with Gasteiger partial charge in [0.05, 0.1) is 11.6 Å². The average Bonchev–Trinajstić information content (AvgIpc) is 3.33. The second-order valence-electron chi connectivity index (χ2n) is 13.6. The van der Waals surface area contributed by atoms with Gasteiger partial charge in [0.1, 0.15) is 5.60 Å². The van der Waals surface area contributed by atoms with E-state index in [1.165, 1.54) is 6.92 Å². The molecule has 0 spiro atoms. The molecule has 11 heteroatoms. The number of ketones is 1. The smallest absolute Gasteiger partial charge is 0.383 e. The lowest BCUT2D eigenvalue weighted by atomic mass is 9.50. The summed E-state index contributed by atoms with van der Waals surface area (Å²) in [5.74, 6) is -6.60. The van der Waals surface area contributed by atoms with Gasteiger partial charge in [-0.15, -0.1) is 0 Å². The Balaban J connectivity index is 1.25. The largest absolute Gasteiger partial charge is 0.456 e. The molecular formula is C37H36F5N3O3. The van der Waals surface area contributed by atoms with Crippen LogP contribution in [-0.2, 0) is 4.79 Å². The molecule has 0 aromatic heterocycles. The van der Waals surface area contributed by atoms with Crippen LogP contribution in [-0.4, -0.2) is 41.2 Å². The summed E-state index contributed by atoms with van der Waals surface area (Å²) in [4.78, 5) is 24.5. The molecule has 4 aliphatic rings. The number of benzene rings is 2. The van der Waals surface area contributed by atoms with Crippen molar-refractivity contribution < 1.29 is 36.6 Å². The number of nitriles is 1. The van der Waals surface area contributed by atoms with Crippen molar-refractivity contribution in [1.29, 1.82) is 5.26 Å². The highest BCUT2D eigenvalue weighted by Gasteiger charge is 2.79. The maximum Gasteiger partial charge on any atom is 0.456 e. The van der Waals surface area contributed by atoms with Gasteiger partial charge in [-0.25, -0.2) is 4.79 Å². The molecule has 0 heterocycles. The number of alkyl halides is 5. The van der Waals surface area contributed by atoms with Gasteiger partial charge in [0.25, 0.3) is 0 Å². The SMILES string of the molecule is C[C@]12C[C@H](c3ccc(/C=C/CNC(=O)Nc4ccc(C#N)cc4)cc3)C3=C4CCC(=O)C=C4CCC3C1CC[C@@]2(O)C(F)(F)C(F)(F)F. The third-order valence-corrected chi connectivity index (χ3v) is 11.1. The van der Waals surface area contributed by atoms with Crippen LogP contribution >= 0.6 is 0 Å². The summed E-state index contributed by atoms with van der Waals surface area (Å²) >= 11 is 0. The minimum Gasteiger partial charge on any atom is -0.383 e. The predicted molar refractivity (Wildman–Crippen MR) is 170 cm³/mol. The van der Waals surface area contributed by atoms with E-state index < -0.39 is 47.4 Å². The Morgan fingerprint density at radius 3 is 2.42 bits per heavy atom. The monoisotopic (exact) mass is 665 g/mol. The number of hydrogen-bond donors (Lipinski definition) is 3. The number of amides is 2. The maximum atomic E-state index is 15.2. The number of carbonyl (C=O) groups excluding carboxylic acids is 2. The number of nitrogens with zero attached hydrogens (tertiary/aromatic N) is 1. The zero-order chi connectivity index (χ0) is 34.5. The summed E-state index contributed by atoms with van der Waals surface area (Å²) in [7, 11) is 0. The van der Waals surface area contributed by atoms with Crippen LogP contribution in [0, 0.1) is 28.6 Å². The van der Waals surface area contributed by atoms with Gasteiger partial charge in [0.2, 0.25) is 0 Å². The number of nitrogens with one attached hydrogen (secondary N) is 2. The number of aliphatic hydroxyl groups is 1. The van der Waals surface area contributed by atoms with E-state index in [0.29, 0.717) is 36.9 Å². The molecule has 2 aromatic rings. The Morgan fingerprint density at radius 1 is 1.04 bits per heavy atom. The predicted octanol–water partition coefficient (Wildman–Crippen LogP) is 8.22. The van der Waals surface area contributed by atoms with Crippen LogP contribution in [0.1, 0.15) is 74.5 Å². The third-order valence-electron chi connectivity index (χ3n) is 11.1. The van der Waals surface area contributed by atoms with E-state index in [1.807, 2.05) is 30.3 Å². The van der Waals surface area contributed by atoms with Crippen LogP contribution in [0.4, 0.5) is 32.4 Å². The highest BCUT2D eigenvalue weighted by molar-refractivity contribution is 5.93. The van der Waals surface area contributed by atoms with Crippen LogP contribution in [0.3, 0.4) is 0 Å². The third kappa shape index (κ3) is 5.64. The van der Waals surface area contributed by atoms with Gasteiger partial charge in [0, 0.05) is 30.0 Å². The zero-order valence-corrected chi connectivity index (χ0v) is 26.3. The first kappa shape index (κ1) is 33.6. The number of carbonyl (C=O) groups is 2. The van der Waals surface area contributed by atoms with E-state index in [-0.39, 0.29) is 31.1 Å². The summed E-state index contributed by atoms with van der Waals surface area (Å²) in [6.07, 6.45) is 0.540. The number of allylic oxidation sites excluding steroid dienone is 4. The van der Waals surface area contributed by atoms with Crippen molar-refractivity contribution >= 4 is 23.6 Å². The molecule has 252 valence electrons. The number of rotatable bonds is 6. The molecule has 48 heavy (non-hydrogen) atoms. The second kappa shape index (κ2) is 12.3. The Bertz CT molecular complexity index is 1740. The first-order valence-corrected chi connectivity index (χ1v) is 16.1. The fourth-order valence-corrected chi connectivity index (χ4v) is 8.70. The molecule has 4 aliphatic carbocycles. The molecule has 0 aliphatic heterocycles. The lowest BCUT2D eigenvalue weighted by Gasteiger charge is -2.56. The number of urea groups is 1. The number of fused-ring (bicyclic) bond motifs is 4. The van der Waals surface area contributed by atoms with Crippen LogP contribution in [0.2, 0.25) is 0 Å². The van der Waals surface area contributed by atoms with E-state index in [9.17, 15) is 27.9 Å². The first-order valence-electron chi connectivity index (χ1n) is 16.1. The minimum atomic E-state index is -5.90. The van der Waals surface area contributed by atoms with Gasteiger partial charge in [-0.2, -0.15) is 27.2 Å². The molecule has 2 unspecified atom stereocenters. The van der Waals surface area contributed by atoms with E-state index in [4.69, 9.17) is 5.26 Å². The number of halogens is 5. The average molecular weight is 666 g/mol. The van der Waals surface area contributed by atoms with E-state index >= 15 is 8.78 Å². The summed E-state index contributed by atoms with van der Waals surface area (Å²) in [5, 5.41) is 25.7. The van der Waals surface area contributed by atoms with Crippen LogP contribution in [0.15, 0.2) is 77.4 Å². The highest BCUT2D eigenvalue weighted by Crippen LogP contribution is 2.70. The summed E-state index contributed by atoms with van der Waals surface area (Å²) in [6, 6.07) is 15.3. The van der Waals surface area contributed by atoms with Gasteiger partial charge in [0.15, 0.2) is 5.78 Å². The molecule has 6 rings (SSSR count). The van der Waals surface area contributed by atoms with Crippen molar-refractivity contribution in [3.05, 3.63) is 94.1 Å². The number of hydrogen-bond acceptors (Lipinski definition) is 4. The Labute approximate surface area is 275 Å². The number of anilines is 1. The van der Waals surface area contributed by atoms with E-state index in [0.717, 1.165) is 27.8 Å². The van der Waals surface area contributed by atoms with Gasteiger partial charge >= 0.3 is 18.1 Å². The molecule has 6 nitrogen and oxygen atoms in total. The fraction of sp³-hybridized carbons (Fsp3) is 0.432. The first-order chi connectivity index (χ1) is 22.7. The van der Waals surface area contributed by atoms with Crippen molar-refractivity contribution in [2.24, 2.45) is 17.3 Å². The molecule has 5 atom stereocenters. The van der Waals surface area contributed by atoms with Crippen LogP contribution < -0.4 is 10.6 Å². The lowest BCUT2D eigenvalue weighted by molar-refractivity contribution is -0.362. The minimum absolute atomic E-state index is 0.0300. The standard InChI is InChI=1S/C37H36F5N3O3/c1-34-20-30(24-8-4-22(5-9-24)3-2-18-44-33(47)45-26-11-6-23(21-43)7-12-26)32-28-15-13-27(46)19-25(28)10-14-29(32)31(34)16-17-35(34,48)36(38,39)37(40,41)42/h2-9,11-12,19,29-31,48H,10,13-18,20H2,1H3,(H2,44,45,47)/b3-2+/t29?,30-,31?,34+,35+/m1/s1. The summed E-state index contributed by atoms with van der Waals surface area (Å²) in [6.45, 7) is 1.63. The van der Waals surface area contributed by atoms with E-state index in [1.54, 1.807) is 42.5 Å². The zero-order valence-electron chi connectivity index (χ0n) is 26.3. The van der Waals surface area contributed by atoms with Crippen LogP contribution in [0.25, 0.3) is 6.08 Å². The van der Waals surface area contributed by atoms with Crippen molar-refractivity contribution in [2.45, 2.75) is 75.5 Å². The summed E-state index contributed by atoms with van der Waals surface area (Å²) in [5.41, 5.74) is 0.548. The topological polar surface area (TPSA) is 102 Å². The fourth-order valence-electron chi connectivity index (χ4n) is 8.70. The van der Waals surface area contributed by atoms with Gasteiger partial charge in [-0.3, -0.25) is 4.79 Å². The molecule has 0 radical (unpaired) electrons. The molecule has 0 bridgehead atoms. The lowest BCUT2D eigenvalue weighted by Crippen LogP contribution is -2.65. The molecule has 2 amide bonds. The molecule has 0 saturated heterocycles. The molecule has 3 N–H and O–H groups in total. The van der Waals surface area contributed by atoms with Crippen LogP contribution in [0.5, 0.6) is 0 Å². The van der Waals surface area contributed by atoms with Crippen molar-refractivity contribution in [3.8, 4) is 6.07 Å². The van der Waals surface area contributed by atoms with Crippen molar-refractivity contribution in [3.63, 3.8) is 0 Å². The van der Waals surface area contributed by atoms with Gasteiger partial charge < -0.3 is 15.7 Å². The van der Waals surface area contributed by atoms with Crippen molar-refractivity contribution in [2.75, 3.05) is 11.9 Å². The highest BCUT2D eigenvalue weighted by atomic mass is 19.4. The van der Waals surface area contributed by atoms with Crippen molar-refractivity contribution in [1.82, 2.24) is 5.32 Å². The van der Waals surface area contributed by atoms with E-state index in [2.05, 4.69) is 10.6 Å². The molecular weight excluding hydrogens is 629 g/mol. The van der Waals surface area contributed by atoms with Gasteiger partial charge in [-0.05, 0) is 103 Å². The van der Waals surface area contributed by atoms with Gasteiger partial charge in [-0.1, -0.05) is 48.9 Å². The maximum absolute atomic E-state index is 15.2. The molecule has 2 saturated carbocycles. The molecule has 2 aromatic carbocycles. The normalized spacial score (nSPS) is 28.7. The quantitative estimate of drug-likeness (QED) is 0.271. The summed E-state index contributed by atoms with van der Waals surface area (Å²) < 4.78 is 71.8. The Kier molecular flexibility index (Phi) is 8.61. The second-order valence-corrected chi connectivity index (χ2v) is 13.6. The Hall–Kier alpha value is -4.30. The Morgan fingerprint density at radius 2 is 1.75 bits per heavy atom. The molecule has 2 fully saturated rings.